The van der Waals surface area contributed by atoms with Crippen molar-refractivity contribution in [2.45, 2.75) is 39.2 Å². The Kier molecular flexibility index (Phi) is 6.63. The van der Waals surface area contributed by atoms with Gasteiger partial charge >= 0.3 is 0 Å². The summed E-state index contributed by atoms with van der Waals surface area (Å²) in [5.41, 5.74) is -0.173. The summed E-state index contributed by atoms with van der Waals surface area (Å²) in [4.78, 5) is 37.7. The van der Waals surface area contributed by atoms with E-state index in [0.717, 1.165) is 50.0 Å². The van der Waals surface area contributed by atoms with Gasteiger partial charge in [0.25, 0.3) is 5.56 Å². The number of fused-ring (bicyclic) bond motifs is 1. The second-order valence-electron chi connectivity index (χ2n) is 6.94. The fourth-order valence-corrected chi connectivity index (χ4v) is 4.18. The van der Waals surface area contributed by atoms with E-state index in [0.29, 0.717) is 29.9 Å². The SMILES string of the molecule is CCCn1ncc2cc(N3CCC(CCP(O)O)CC3)nc(OC)c2c1=O. The Hall–Kier alpha value is -1.76. The lowest BCUT2D eigenvalue weighted by molar-refractivity contribution is 0.382. The minimum absolute atomic E-state index is 0.173. The Labute approximate surface area is 159 Å². The topological polar surface area (TPSA) is 101 Å². The summed E-state index contributed by atoms with van der Waals surface area (Å²) in [6.07, 6.45) is 5.84. The molecule has 0 bridgehead atoms. The van der Waals surface area contributed by atoms with E-state index in [-0.39, 0.29) is 5.56 Å². The van der Waals surface area contributed by atoms with Crippen LogP contribution >= 0.6 is 8.38 Å². The summed E-state index contributed by atoms with van der Waals surface area (Å²) in [5, 5.41) is 5.48. The van der Waals surface area contributed by atoms with E-state index in [1.807, 2.05) is 13.0 Å². The first-order chi connectivity index (χ1) is 13.0. The van der Waals surface area contributed by atoms with Crippen molar-refractivity contribution in [3.05, 3.63) is 22.6 Å². The van der Waals surface area contributed by atoms with Crippen molar-refractivity contribution in [2.24, 2.45) is 5.92 Å². The zero-order valence-corrected chi connectivity index (χ0v) is 16.7. The highest BCUT2D eigenvalue weighted by molar-refractivity contribution is 7.45. The maximum absolute atomic E-state index is 12.7. The fraction of sp³-hybridized carbons (Fsp3) is 0.611. The third-order valence-corrected chi connectivity index (χ3v) is 5.75. The number of ether oxygens (including phenoxy) is 1. The first-order valence-corrected chi connectivity index (χ1v) is 10.8. The zero-order valence-electron chi connectivity index (χ0n) is 15.8. The first kappa shape index (κ1) is 20.0. The Bertz CT molecular complexity index is 834. The van der Waals surface area contributed by atoms with E-state index in [2.05, 4.69) is 15.0 Å². The maximum atomic E-state index is 12.7. The van der Waals surface area contributed by atoms with Crippen LogP contribution in [0.3, 0.4) is 0 Å². The highest BCUT2D eigenvalue weighted by Gasteiger charge is 2.22. The molecule has 8 nitrogen and oxygen atoms in total. The molecule has 148 valence electrons. The molecular weight excluding hydrogens is 367 g/mol. The molecule has 2 N–H and O–H groups in total. The van der Waals surface area contributed by atoms with Gasteiger partial charge in [0.2, 0.25) is 5.88 Å². The van der Waals surface area contributed by atoms with Gasteiger partial charge in [-0.2, -0.15) is 10.1 Å². The predicted molar refractivity (Wildman–Crippen MR) is 106 cm³/mol. The van der Waals surface area contributed by atoms with E-state index in [1.54, 1.807) is 6.20 Å². The largest absolute Gasteiger partial charge is 0.480 e. The van der Waals surface area contributed by atoms with Crippen LogP contribution in [-0.4, -0.2) is 50.9 Å². The van der Waals surface area contributed by atoms with Crippen molar-refractivity contribution >= 4 is 25.0 Å². The van der Waals surface area contributed by atoms with Crippen LogP contribution < -0.4 is 15.2 Å². The van der Waals surface area contributed by atoms with Crippen molar-refractivity contribution in [2.75, 3.05) is 31.3 Å². The third-order valence-electron chi connectivity index (χ3n) is 5.09. The minimum atomic E-state index is -1.80. The molecular formula is C18H27N4O4P. The van der Waals surface area contributed by atoms with Crippen LogP contribution in [0.15, 0.2) is 17.1 Å². The first-order valence-electron chi connectivity index (χ1n) is 9.38. The van der Waals surface area contributed by atoms with Gasteiger partial charge in [0.05, 0.1) is 13.3 Å². The molecule has 27 heavy (non-hydrogen) atoms. The summed E-state index contributed by atoms with van der Waals surface area (Å²) >= 11 is 0. The lowest BCUT2D eigenvalue weighted by Crippen LogP contribution is -2.34. The van der Waals surface area contributed by atoms with Crippen molar-refractivity contribution in [1.82, 2.24) is 14.8 Å². The number of aromatic nitrogens is 3. The molecule has 1 aliphatic rings. The van der Waals surface area contributed by atoms with E-state index in [1.165, 1.54) is 11.8 Å². The van der Waals surface area contributed by atoms with Gasteiger partial charge in [-0.1, -0.05) is 6.92 Å². The molecule has 9 heteroatoms. The van der Waals surface area contributed by atoms with E-state index in [9.17, 15) is 4.79 Å². The van der Waals surface area contributed by atoms with Gasteiger partial charge in [-0.15, -0.1) is 0 Å². The van der Waals surface area contributed by atoms with E-state index >= 15 is 0 Å². The number of rotatable bonds is 7. The Balaban J connectivity index is 1.82. The van der Waals surface area contributed by atoms with Gasteiger partial charge in [-0.05, 0) is 37.7 Å². The van der Waals surface area contributed by atoms with Gasteiger partial charge in [0.1, 0.15) is 11.2 Å². The summed E-state index contributed by atoms with van der Waals surface area (Å²) in [6, 6.07) is 1.91. The van der Waals surface area contributed by atoms with Crippen LogP contribution in [-0.2, 0) is 6.54 Å². The van der Waals surface area contributed by atoms with Gasteiger partial charge < -0.3 is 19.4 Å². The molecule has 3 heterocycles. The van der Waals surface area contributed by atoms with E-state index < -0.39 is 8.38 Å². The Morgan fingerprint density at radius 2 is 2.07 bits per heavy atom. The van der Waals surface area contributed by atoms with Crippen LogP contribution in [0.5, 0.6) is 5.88 Å². The highest BCUT2D eigenvalue weighted by Crippen LogP contribution is 2.32. The molecule has 1 fully saturated rings. The van der Waals surface area contributed by atoms with Gasteiger partial charge in [0.15, 0.2) is 8.38 Å². The van der Waals surface area contributed by atoms with Crippen molar-refractivity contribution < 1.29 is 14.5 Å². The van der Waals surface area contributed by atoms with Gasteiger partial charge in [-0.25, -0.2) is 4.68 Å². The Morgan fingerprint density at radius 3 is 2.70 bits per heavy atom. The molecule has 0 amide bonds. The van der Waals surface area contributed by atoms with Crippen LogP contribution in [0.2, 0.25) is 0 Å². The minimum Gasteiger partial charge on any atom is -0.480 e. The summed E-state index contributed by atoms with van der Waals surface area (Å²) in [7, 11) is -0.265. The monoisotopic (exact) mass is 394 g/mol. The van der Waals surface area contributed by atoms with Crippen molar-refractivity contribution in [3.8, 4) is 5.88 Å². The molecule has 0 unspecified atom stereocenters. The summed E-state index contributed by atoms with van der Waals surface area (Å²) in [5.74, 6) is 1.64. The number of hydrogen-bond donors (Lipinski definition) is 2. The second kappa shape index (κ2) is 8.95. The number of aryl methyl sites for hydroxylation is 1. The number of pyridine rings is 1. The van der Waals surface area contributed by atoms with Crippen LogP contribution in [0.1, 0.15) is 32.6 Å². The molecule has 0 atom stereocenters. The second-order valence-corrected chi connectivity index (χ2v) is 8.13. The number of hydrogen-bond acceptors (Lipinski definition) is 7. The van der Waals surface area contributed by atoms with Crippen LogP contribution in [0.25, 0.3) is 10.8 Å². The molecule has 0 saturated carbocycles. The molecule has 3 rings (SSSR count). The molecule has 2 aromatic heterocycles. The smallest absolute Gasteiger partial charge is 0.280 e. The summed E-state index contributed by atoms with van der Waals surface area (Å²) in [6.45, 7) is 4.27. The van der Waals surface area contributed by atoms with Crippen molar-refractivity contribution in [1.29, 1.82) is 0 Å². The standard InChI is InChI=1S/C18H27N4O4P/c1-3-7-22-18(23)16-14(12-19-22)11-15(20-17(16)26-2)21-8-4-13(5-9-21)6-10-27(24)25/h11-13,24-25H,3-10H2,1-2H3. The lowest BCUT2D eigenvalue weighted by atomic mass is 9.94. The average molecular weight is 394 g/mol. The van der Waals surface area contributed by atoms with E-state index in [4.69, 9.17) is 14.5 Å². The van der Waals surface area contributed by atoms with Crippen LogP contribution in [0, 0.1) is 5.92 Å². The molecule has 1 saturated heterocycles. The highest BCUT2D eigenvalue weighted by atomic mass is 31.2. The molecule has 1 aliphatic heterocycles. The molecule has 0 spiro atoms. The van der Waals surface area contributed by atoms with Gasteiger partial charge in [0, 0.05) is 31.2 Å². The van der Waals surface area contributed by atoms with Crippen LogP contribution in [0.4, 0.5) is 5.82 Å². The zero-order chi connectivity index (χ0) is 19.4. The molecule has 0 aliphatic carbocycles. The predicted octanol–water partition coefficient (Wildman–Crippen LogP) is 2.11. The molecule has 0 aromatic carbocycles. The van der Waals surface area contributed by atoms with Gasteiger partial charge in [-0.3, -0.25) is 4.79 Å². The number of methoxy groups -OCH3 is 1. The Morgan fingerprint density at radius 1 is 1.33 bits per heavy atom. The third kappa shape index (κ3) is 4.57. The number of nitrogens with zero attached hydrogens (tertiary/aromatic N) is 4. The maximum Gasteiger partial charge on any atom is 0.280 e. The molecule has 2 aromatic rings. The molecule has 0 radical (unpaired) electrons. The number of anilines is 1. The average Bonchev–Trinajstić information content (AvgIpc) is 2.68. The summed E-state index contributed by atoms with van der Waals surface area (Å²) < 4.78 is 6.88. The number of piperidine rings is 1. The van der Waals surface area contributed by atoms with Crippen molar-refractivity contribution in [3.63, 3.8) is 0 Å². The quantitative estimate of drug-likeness (QED) is 0.694. The fourth-order valence-electron chi connectivity index (χ4n) is 3.59. The normalized spacial score (nSPS) is 15.7. The lowest BCUT2D eigenvalue weighted by Gasteiger charge is -2.33.